The first-order chi connectivity index (χ1) is 15.0. The van der Waals surface area contributed by atoms with Gasteiger partial charge in [-0.3, -0.25) is 19.8 Å². The molecule has 0 aliphatic carbocycles. The van der Waals surface area contributed by atoms with Crippen molar-refractivity contribution in [2.45, 2.75) is 19.4 Å². The fourth-order valence-corrected chi connectivity index (χ4v) is 3.73. The highest BCUT2D eigenvalue weighted by Gasteiger charge is 2.27. The molecule has 160 valence electrons. The van der Waals surface area contributed by atoms with Crippen LogP contribution in [0.3, 0.4) is 0 Å². The van der Waals surface area contributed by atoms with Crippen LogP contribution in [0.1, 0.15) is 29.1 Å². The number of nitro benzene ring substituents is 1. The zero-order chi connectivity index (χ0) is 21.8. The maximum atomic E-state index is 12.8. The highest BCUT2D eigenvalue weighted by atomic mass is 16.6. The SMILES string of the molecule is COc1ccc(C(=O)C2CCN(Cc3nc(-c4cccc([N+](=O)[O-])c4)no3)CC2)cc1. The molecule has 0 unspecified atom stereocenters. The molecule has 1 aromatic heterocycles. The summed E-state index contributed by atoms with van der Waals surface area (Å²) < 4.78 is 10.5. The molecule has 0 spiro atoms. The zero-order valence-corrected chi connectivity index (χ0v) is 17.1. The van der Waals surface area contributed by atoms with Crippen molar-refractivity contribution >= 4 is 11.5 Å². The van der Waals surface area contributed by atoms with E-state index in [-0.39, 0.29) is 17.4 Å². The van der Waals surface area contributed by atoms with Gasteiger partial charge in [0.25, 0.3) is 5.69 Å². The number of nitro groups is 1. The first kappa shape index (κ1) is 20.7. The van der Waals surface area contributed by atoms with Gasteiger partial charge in [0.05, 0.1) is 18.6 Å². The average molecular weight is 422 g/mol. The van der Waals surface area contributed by atoms with Crippen LogP contribution in [-0.2, 0) is 6.54 Å². The summed E-state index contributed by atoms with van der Waals surface area (Å²) in [6.07, 6.45) is 1.52. The largest absolute Gasteiger partial charge is 0.497 e. The number of non-ortho nitro benzene ring substituents is 1. The second-order valence-corrected chi connectivity index (χ2v) is 7.46. The smallest absolute Gasteiger partial charge is 0.270 e. The van der Waals surface area contributed by atoms with Gasteiger partial charge in [-0.1, -0.05) is 17.3 Å². The van der Waals surface area contributed by atoms with Crippen LogP contribution in [0.4, 0.5) is 5.69 Å². The lowest BCUT2D eigenvalue weighted by atomic mass is 9.89. The highest BCUT2D eigenvalue weighted by Crippen LogP contribution is 2.25. The minimum atomic E-state index is -0.456. The molecule has 0 radical (unpaired) electrons. The monoisotopic (exact) mass is 422 g/mol. The Kier molecular flexibility index (Phi) is 6.03. The maximum absolute atomic E-state index is 12.8. The summed E-state index contributed by atoms with van der Waals surface area (Å²) in [5.41, 5.74) is 1.22. The first-order valence-corrected chi connectivity index (χ1v) is 10.0. The van der Waals surface area contributed by atoms with E-state index in [9.17, 15) is 14.9 Å². The fourth-order valence-electron chi connectivity index (χ4n) is 3.73. The van der Waals surface area contributed by atoms with E-state index in [1.807, 2.05) is 0 Å². The third-order valence-corrected chi connectivity index (χ3v) is 5.48. The Morgan fingerprint density at radius 1 is 1.23 bits per heavy atom. The van der Waals surface area contributed by atoms with Gasteiger partial charge in [-0.05, 0) is 50.2 Å². The van der Waals surface area contributed by atoms with E-state index in [0.29, 0.717) is 29.4 Å². The van der Waals surface area contributed by atoms with E-state index in [1.54, 1.807) is 43.5 Å². The van der Waals surface area contributed by atoms with Crippen LogP contribution < -0.4 is 4.74 Å². The normalized spacial score (nSPS) is 15.0. The summed E-state index contributed by atoms with van der Waals surface area (Å²) in [7, 11) is 1.60. The molecule has 0 atom stereocenters. The summed E-state index contributed by atoms with van der Waals surface area (Å²) in [4.78, 5) is 29.8. The highest BCUT2D eigenvalue weighted by molar-refractivity contribution is 5.98. The van der Waals surface area contributed by atoms with Gasteiger partial charge in [-0.2, -0.15) is 4.98 Å². The Morgan fingerprint density at radius 2 is 1.97 bits per heavy atom. The number of likely N-dealkylation sites (tertiary alicyclic amines) is 1. The Labute approximate surface area is 178 Å². The van der Waals surface area contributed by atoms with Crippen LogP contribution in [0.15, 0.2) is 53.1 Å². The van der Waals surface area contributed by atoms with Gasteiger partial charge in [0.2, 0.25) is 11.7 Å². The van der Waals surface area contributed by atoms with Crippen molar-refractivity contribution in [3.05, 3.63) is 70.1 Å². The predicted octanol–water partition coefficient (Wildman–Crippen LogP) is 3.75. The van der Waals surface area contributed by atoms with Crippen molar-refractivity contribution in [1.29, 1.82) is 0 Å². The van der Waals surface area contributed by atoms with E-state index in [0.717, 1.165) is 31.7 Å². The van der Waals surface area contributed by atoms with Crippen molar-refractivity contribution < 1.29 is 19.0 Å². The zero-order valence-electron chi connectivity index (χ0n) is 17.1. The molecule has 2 heterocycles. The van der Waals surface area contributed by atoms with Crippen molar-refractivity contribution in [1.82, 2.24) is 15.0 Å². The molecule has 3 aromatic rings. The molecule has 2 aromatic carbocycles. The van der Waals surface area contributed by atoms with Gasteiger partial charge in [-0.15, -0.1) is 0 Å². The quantitative estimate of drug-likeness (QED) is 0.321. The fraction of sp³-hybridized carbons (Fsp3) is 0.318. The number of benzene rings is 2. The molecule has 1 saturated heterocycles. The first-order valence-electron chi connectivity index (χ1n) is 10.0. The molecule has 0 N–H and O–H groups in total. The summed E-state index contributed by atoms with van der Waals surface area (Å²) in [6.45, 7) is 1.98. The molecular weight excluding hydrogens is 400 g/mol. The summed E-state index contributed by atoms with van der Waals surface area (Å²) >= 11 is 0. The molecule has 1 aliphatic heterocycles. The molecule has 0 amide bonds. The molecule has 9 heteroatoms. The second kappa shape index (κ2) is 9.05. The third-order valence-electron chi connectivity index (χ3n) is 5.48. The molecule has 1 aliphatic rings. The van der Waals surface area contributed by atoms with Crippen LogP contribution in [0.2, 0.25) is 0 Å². The number of hydrogen-bond donors (Lipinski definition) is 0. The minimum absolute atomic E-state index is 0.00670. The summed E-state index contributed by atoms with van der Waals surface area (Å²) in [5.74, 6) is 1.65. The number of piperidine rings is 1. The molecule has 4 rings (SSSR count). The lowest BCUT2D eigenvalue weighted by Gasteiger charge is -2.30. The topological polar surface area (TPSA) is 112 Å². The van der Waals surface area contributed by atoms with E-state index < -0.39 is 4.92 Å². The number of ether oxygens (including phenoxy) is 1. The Bertz CT molecular complexity index is 1070. The number of hydrogen-bond acceptors (Lipinski definition) is 8. The van der Waals surface area contributed by atoms with Gasteiger partial charge in [0.15, 0.2) is 5.78 Å². The van der Waals surface area contributed by atoms with Crippen molar-refractivity contribution in [3.8, 4) is 17.1 Å². The molecule has 0 saturated carbocycles. The van der Waals surface area contributed by atoms with E-state index in [4.69, 9.17) is 9.26 Å². The Balaban J connectivity index is 1.33. The van der Waals surface area contributed by atoms with Crippen LogP contribution >= 0.6 is 0 Å². The number of nitrogens with zero attached hydrogens (tertiary/aromatic N) is 4. The van der Waals surface area contributed by atoms with Crippen LogP contribution in [-0.4, -0.2) is 45.9 Å². The lowest BCUT2D eigenvalue weighted by molar-refractivity contribution is -0.384. The van der Waals surface area contributed by atoms with Crippen molar-refractivity contribution in [2.75, 3.05) is 20.2 Å². The van der Waals surface area contributed by atoms with Gasteiger partial charge >= 0.3 is 0 Å². The number of ketones is 1. The lowest BCUT2D eigenvalue weighted by Crippen LogP contribution is -2.36. The Hall–Kier alpha value is -3.59. The second-order valence-electron chi connectivity index (χ2n) is 7.46. The Morgan fingerprint density at radius 3 is 2.65 bits per heavy atom. The van der Waals surface area contributed by atoms with Crippen molar-refractivity contribution in [3.63, 3.8) is 0 Å². The van der Waals surface area contributed by atoms with Crippen LogP contribution in [0.5, 0.6) is 5.75 Å². The number of carbonyl (C=O) groups is 1. The van der Waals surface area contributed by atoms with E-state index in [2.05, 4.69) is 15.0 Å². The number of aromatic nitrogens is 2. The molecule has 0 bridgehead atoms. The number of carbonyl (C=O) groups excluding carboxylic acids is 1. The predicted molar refractivity (Wildman–Crippen MR) is 112 cm³/mol. The van der Waals surface area contributed by atoms with Gasteiger partial charge < -0.3 is 9.26 Å². The maximum Gasteiger partial charge on any atom is 0.270 e. The molecule has 1 fully saturated rings. The summed E-state index contributed by atoms with van der Waals surface area (Å²) in [5, 5.41) is 14.9. The minimum Gasteiger partial charge on any atom is -0.497 e. The molecule has 9 nitrogen and oxygen atoms in total. The average Bonchev–Trinajstić information content (AvgIpc) is 3.28. The summed E-state index contributed by atoms with van der Waals surface area (Å²) in [6, 6.07) is 13.4. The van der Waals surface area contributed by atoms with Gasteiger partial charge in [-0.25, -0.2) is 0 Å². The van der Waals surface area contributed by atoms with Crippen LogP contribution in [0, 0.1) is 16.0 Å². The van der Waals surface area contributed by atoms with Gasteiger partial charge in [0.1, 0.15) is 5.75 Å². The number of Topliss-reactive ketones (excluding diaryl/α,β-unsaturated/α-hetero) is 1. The standard InChI is InChI=1S/C22H22N4O5/c1-30-19-7-5-15(6-8-19)21(27)16-9-11-25(12-10-16)14-20-23-22(24-31-20)17-3-2-4-18(13-17)26(28)29/h2-8,13,16H,9-12,14H2,1H3. The van der Waals surface area contributed by atoms with Gasteiger partial charge in [0, 0.05) is 29.2 Å². The van der Waals surface area contributed by atoms with Crippen LogP contribution in [0.25, 0.3) is 11.4 Å². The van der Waals surface area contributed by atoms with Crippen molar-refractivity contribution in [2.24, 2.45) is 5.92 Å². The van der Waals surface area contributed by atoms with E-state index >= 15 is 0 Å². The number of methoxy groups -OCH3 is 1. The third kappa shape index (κ3) is 4.77. The molecule has 31 heavy (non-hydrogen) atoms. The number of rotatable bonds is 7. The molecular formula is C22H22N4O5. The van der Waals surface area contributed by atoms with E-state index in [1.165, 1.54) is 12.1 Å².